The van der Waals surface area contributed by atoms with Crippen LogP contribution in [0.1, 0.15) is 12.5 Å². The van der Waals surface area contributed by atoms with Crippen molar-refractivity contribution in [1.29, 1.82) is 0 Å². The molecule has 1 aromatic heterocycles. The molecule has 0 amide bonds. The molecule has 1 aromatic rings. The summed E-state index contributed by atoms with van der Waals surface area (Å²) in [4.78, 5) is 3.93. The van der Waals surface area contributed by atoms with Gasteiger partial charge in [0.25, 0.3) is 0 Å². The van der Waals surface area contributed by atoms with Crippen LogP contribution in [-0.2, 0) is 16.3 Å². The SMILES string of the molecule is CCNC(Cc1ccncc1)CS(C)(=O)=O. The largest absolute Gasteiger partial charge is 0.313 e. The van der Waals surface area contributed by atoms with E-state index in [1.807, 2.05) is 19.1 Å². The standard InChI is InChI=1S/C11H18N2O2S/c1-3-13-11(9-16(2,14)15)8-10-4-6-12-7-5-10/h4-7,11,13H,3,8-9H2,1-2H3. The molecule has 90 valence electrons. The van der Waals surface area contributed by atoms with Crippen molar-refractivity contribution >= 4 is 9.84 Å². The topological polar surface area (TPSA) is 59.1 Å². The first kappa shape index (κ1) is 13.1. The second kappa shape index (κ2) is 5.96. The summed E-state index contributed by atoms with van der Waals surface area (Å²) < 4.78 is 22.5. The normalized spacial score (nSPS) is 13.6. The Morgan fingerprint density at radius 2 is 2.00 bits per heavy atom. The fourth-order valence-corrected chi connectivity index (χ4v) is 2.61. The molecule has 0 aliphatic carbocycles. The average Bonchev–Trinajstić information content (AvgIpc) is 2.17. The molecule has 0 aliphatic rings. The summed E-state index contributed by atoms with van der Waals surface area (Å²) in [5.41, 5.74) is 1.10. The molecule has 1 rings (SSSR count). The molecule has 0 spiro atoms. The predicted octanol–water partition coefficient (Wildman–Crippen LogP) is 0.647. The molecule has 4 nitrogen and oxygen atoms in total. The highest BCUT2D eigenvalue weighted by atomic mass is 32.2. The van der Waals surface area contributed by atoms with Gasteiger partial charge in [-0.3, -0.25) is 4.98 Å². The molecular formula is C11H18N2O2S. The number of aromatic nitrogens is 1. The molecule has 0 fully saturated rings. The van der Waals surface area contributed by atoms with Gasteiger partial charge in [0.2, 0.25) is 0 Å². The molecule has 16 heavy (non-hydrogen) atoms. The zero-order valence-corrected chi connectivity index (χ0v) is 10.5. The summed E-state index contributed by atoms with van der Waals surface area (Å²) in [5, 5.41) is 3.19. The number of rotatable bonds is 6. The highest BCUT2D eigenvalue weighted by Crippen LogP contribution is 2.03. The monoisotopic (exact) mass is 242 g/mol. The van der Waals surface area contributed by atoms with Gasteiger partial charge in [-0.25, -0.2) is 8.42 Å². The lowest BCUT2D eigenvalue weighted by atomic mass is 10.1. The molecule has 0 aromatic carbocycles. The number of pyridine rings is 1. The van der Waals surface area contributed by atoms with Crippen LogP contribution in [0.2, 0.25) is 0 Å². The summed E-state index contributed by atoms with van der Waals surface area (Å²) >= 11 is 0. The molecule has 0 saturated heterocycles. The van der Waals surface area contributed by atoms with Crippen LogP contribution in [0.4, 0.5) is 0 Å². The molecule has 0 aliphatic heterocycles. The first-order chi connectivity index (χ1) is 7.51. The lowest BCUT2D eigenvalue weighted by Gasteiger charge is -2.16. The Balaban J connectivity index is 2.65. The van der Waals surface area contributed by atoms with Crippen molar-refractivity contribution in [3.63, 3.8) is 0 Å². The van der Waals surface area contributed by atoms with Crippen LogP contribution in [0.15, 0.2) is 24.5 Å². The van der Waals surface area contributed by atoms with E-state index in [0.717, 1.165) is 12.1 Å². The van der Waals surface area contributed by atoms with Gasteiger partial charge in [-0.1, -0.05) is 6.92 Å². The first-order valence-corrected chi connectivity index (χ1v) is 7.37. The third-order valence-electron chi connectivity index (χ3n) is 2.23. The number of sulfone groups is 1. The van der Waals surface area contributed by atoms with Gasteiger partial charge in [-0.05, 0) is 30.7 Å². The van der Waals surface area contributed by atoms with Crippen molar-refractivity contribution in [1.82, 2.24) is 10.3 Å². The number of nitrogens with one attached hydrogen (secondary N) is 1. The van der Waals surface area contributed by atoms with Crippen LogP contribution in [-0.4, -0.2) is 38.0 Å². The molecule has 1 atom stereocenters. The molecule has 5 heteroatoms. The second-order valence-corrected chi connectivity index (χ2v) is 6.09. The van der Waals surface area contributed by atoms with Crippen molar-refractivity contribution in [2.75, 3.05) is 18.6 Å². The number of nitrogens with zero attached hydrogens (tertiary/aromatic N) is 1. The van der Waals surface area contributed by atoms with Crippen molar-refractivity contribution in [3.05, 3.63) is 30.1 Å². The summed E-state index contributed by atoms with van der Waals surface area (Å²) in [6, 6.07) is 3.79. The van der Waals surface area contributed by atoms with Crippen LogP contribution in [0.3, 0.4) is 0 Å². The number of likely N-dealkylation sites (N-methyl/N-ethyl adjacent to an activating group) is 1. The third kappa shape index (κ3) is 5.23. The molecule has 0 radical (unpaired) electrons. The average molecular weight is 242 g/mol. The Morgan fingerprint density at radius 1 is 1.38 bits per heavy atom. The summed E-state index contributed by atoms with van der Waals surface area (Å²) in [6.45, 7) is 2.74. The van der Waals surface area contributed by atoms with Gasteiger partial charge in [-0.2, -0.15) is 0 Å². The molecule has 1 unspecified atom stereocenters. The van der Waals surface area contributed by atoms with Crippen LogP contribution < -0.4 is 5.32 Å². The van der Waals surface area contributed by atoms with Crippen molar-refractivity contribution < 1.29 is 8.42 Å². The van der Waals surface area contributed by atoms with Crippen LogP contribution >= 0.6 is 0 Å². The van der Waals surface area contributed by atoms with E-state index in [9.17, 15) is 8.42 Å². The maximum atomic E-state index is 11.3. The summed E-state index contributed by atoms with van der Waals surface area (Å²) in [7, 11) is -2.94. The van der Waals surface area contributed by atoms with Crippen LogP contribution in [0, 0.1) is 0 Å². The van der Waals surface area contributed by atoms with Crippen LogP contribution in [0.5, 0.6) is 0 Å². The zero-order valence-electron chi connectivity index (χ0n) is 9.68. The summed E-state index contributed by atoms with van der Waals surface area (Å²) in [6.07, 6.45) is 5.42. The van der Waals surface area contributed by atoms with Gasteiger partial charge < -0.3 is 5.32 Å². The summed E-state index contributed by atoms with van der Waals surface area (Å²) in [5.74, 6) is 0.170. The Kier molecular flexibility index (Phi) is 4.89. The molecule has 1 N–H and O–H groups in total. The van der Waals surface area contributed by atoms with E-state index in [1.165, 1.54) is 6.26 Å². The third-order valence-corrected chi connectivity index (χ3v) is 3.24. The number of hydrogen-bond acceptors (Lipinski definition) is 4. The van der Waals surface area contributed by atoms with E-state index < -0.39 is 9.84 Å². The minimum atomic E-state index is -2.94. The second-order valence-electron chi connectivity index (χ2n) is 3.91. The molecule has 1 heterocycles. The minimum absolute atomic E-state index is 0.0256. The maximum Gasteiger partial charge on any atom is 0.148 e. The highest BCUT2D eigenvalue weighted by Gasteiger charge is 2.14. The van der Waals surface area contributed by atoms with E-state index in [-0.39, 0.29) is 11.8 Å². The van der Waals surface area contributed by atoms with Crippen molar-refractivity contribution in [3.8, 4) is 0 Å². The van der Waals surface area contributed by atoms with Gasteiger partial charge >= 0.3 is 0 Å². The Hall–Kier alpha value is -0.940. The first-order valence-electron chi connectivity index (χ1n) is 5.31. The quantitative estimate of drug-likeness (QED) is 0.795. The van der Waals surface area contributed by atoms with Gasteiger partial charge in [0, 0.05) is 24.7 Å². The van der Waals surface area contributed by atoms with E-state index >= 15 is 0 Å². The Bertz CT molecular complexity index is 403. The minimum Gasteiger partial charge on any atom is -0.313 e. The Morgan fingerprint density at radius 3 is 2.50 bits per heavy atom. The molecule has 0 saturated carbocycles. The maximum absolute atomic E-state index is 11.3. The fourth-order valence-electron chi connectivity index (χ4n) is 1.65. The molecular weight excluding hydrogens is 224 g/mol. The fraction of sp³-hybridized carbons (Fsp3) is 0.545. The Labute approximate surface area is 97.0 Å². The van der Waals surface area contributed by atoms with Crippen molar-refractivity contribution in [2.45, 2.75) is 19.4 Å². The van der Waals surface area contributed by atoms with Gasteiger partial charge in [0.15, 0.2) is 0 Å². The zero-order chi connectivity index (χ0) is 12.0. The lowest BCUT2D eigenvalue weighted by Crippen LogP contribution is -2.37. The highest BCUT2D eigenvalue weighted by molar-refractivity contribution is 7.90. The van der Waals surface area contributed by atoms with E-state index in [2.05, 4.69) is 10.3 Å². The van der Waals surface area contributed by atoms with Crippen LogP contribution in [0.25, 0.3) is 0 Å². The lowest BCUT2D eigenvalue weighted by molar-refractivity contribution is 0.545. The molecule has 0 bridgehead atoms. The smallest absolute Gasteiger partial charge is 0.148 e. The van der Waals surface area contributed by atoms with Gasteiger partial charge in [0.05, 0.1) is 5.75 Å². The number of hydrogen-bond donors (Lipinski definition) is 1. The van der Waals surface area contributed by atoms with Gasteiger partial charge in [0.1, 0.15) is 9.84 Å². The van der Waals surface area contributed by atoms with E-state index in [4.69, 9.17) is 0 Å². The van der Waals surface area contributed by atoms with Crippen molar-refractivity contribution in [2.24, 2.45) is 0 Å². The van der Waals surface area contributed by atoms with E-state index in [1.54, 1.807) is 12.4 Å². The predicted molar refractivity (Wildman–Crippen MR) is 65.1 cm³/mol. The van der Waals surface area contributed by atoms with Gasteiger partial charge in [-0.15, -0.1) is 0 Å². The van der Waals surface area contributed by atoms with E-state index in [0.29, 0.717) is 6.42 Å².